The molecule has 1 fully saturated rings. The SMILES string of the molecule is COCCN(c1nnc(C)c(C)c1C(N)=NO)C1CC1. The Kier molecular flexibility index (Phi) is 4.39. The van der Waals surface area contributed by atoms with Gasteiger partial charge in [0.25, 0.3) is 0 Å². The van der Waals surface area contributed by atoms with E-state index in [1.165, 1.54) is 0 Å². The van der Waals surface area contributed by atoms with Crippen molar-refractivity contribution in [2.24, 2.45) is 10.9 Å². The molecule has 2 rings (SSSR count). The fourth-order valence-electron chi connectivity index (χ4n) is 2.19. The Morgan fingerprint density at radius 2 is 2.15 bits per heavy atom. The first-order chi connectivity index (χ1) is 9.60. The van der Waals surface area contributed by atoms with Crippen molar-refractivity contribution >= 4 is 11.7 Å². The average molecular weight is 279 g/mol. The van der Waals surface area contributed by atoms with Crippen molar-refractivity contribution in [3.05, 3.63) is 16.8 Å². The number of oxime groups is 1. The molecule has 0 saturated heterocycles. The van der Waals surface area contributed by atoms with Crippen LogP contribution in [0.4, 0.5) is 5.82 Å². The Balaban J connectivity index is 2.45. The molecule has 0 unspecified atom stereocenters. The number of hydrogen-bond donors (Lipinski definition) is 2. The van der Waals surface area contributed by atoms with Crippen molar-refractivity contribution in [3.63, 3.8) is 0 Å². The molecule has 7 heteroatoms. The van der Waals surface area contributed by atoms with Crippen LogP contribution in [0.2, 0.25) is 0 Å². The second kappa shape index (κ2) is 6.04. The van der Waals surface area contributed by atoms with Crippen LogP contribution < -0.4 is 10.6 Å². The number of nitrogens with zero attached hydrogens (tertiary/aromatic N) is 4. The van der Waals surface area contributed by atoms with Gasteiger partial charge in [0.1, 0.15) is 0 Å². The lowest BCUT2D eigenvalue weighted by molar-refractivity contribution is 0.204. The summed E-state index contributed by atoms with van der Waals surface area (Å²) in [5, 5.41) is 20.6. The Bertz CT molecular complexity index is 514. The molecule has 0 aliphatic heterocycles. The molecule has 1 aliphatic carbocycles. The molecule has 1 aromatic heterocycles. The number of anilines is 1. The summed E-state index contributed by atoms with van der Waals surface area (Å²) in [6, 6.07) is 0.437. The molecular weight excluding hydrogens is 258 g/mol. The molecular formula is C13H21N5O2. The zero-order valence-corrected chi connectivity index (χ0v) is 12.1. The maximum absolute atomic E-state index is 9.01. The number of rotatable bonds is 6. The van der Waals surface area contributed by atoms with Crippen molar-refractivity contribution < 1.29 is 9.94 Å². The molecule has 7 nitrogen and oxygen atoms in total. The van der Waals surface area contributed by atoms with Crippen LogP contribution >= 0.6 is 0 Å². The quantitative estimate of drug-likeness (QED) is 0.346. The Labute approximate surface area is 118 Å². The second-order valence-electron chi connectivity index (χ2n) is 5.01. The second-order valence-corrected chi connectivity index (χ2v) is 5.01. The Morgan fingerprint density at radius 1 is 1.45 bits per heavy atom. The van der Waals surface area contributed by atoms with Gasteiger partial charge in [-0.15, -0.1) is 5.10 Å². The molecule has 20 heavy (non-hydrogen) atoms. The van der Waals surface area contributed by atoms with Crippen LogP contribution in [0.3, 0.4) is 0 Å². The van der Waals surface area contributed by atoms with E-state index in [1.807, 2.05) is 13.8 Å². The molecule has 0 spiro atoms. The lowest BCUT2D eigenvalue weighted by Gasteiger charge is -2.25. The summed E-state index contributed by atoms with van der Waals surface area (Å²) in [4.78, 5) is 2.14. The zero-order chi connectivity index (χ0) is 14.7. The van der Waals surface area contributed by atoms with Crippen molar-refractivity contribution in [1.82, 2.24) is 10.2 Å². The fourth-order valence-corrected chi connectivity index (χ4v) is 2.19. The molecule has 0 bridgehead atoms. The van der Waals surface area contributed by atoms with Gasteiger partial charge in [0.2, 0.25) is 0 Å². The van der Waals surface area contributed by atoms with Gasteiger partial charge in [-0.05, 0) is 32.3 Å². The third-order valence-electron chi connectivity index (χ3n) is 3.60. The minimum Gasteiger partial charge on any atom is -0.409 e. The molecule has 1 aliphatic rings. The van der Waals surface area contributed by atoms with Crippen LogP contribution in [0.5, 0.6) is 0 Å². The van der Waals surface area contributed by atoms with E-state index in [2.05, 4.69) is 20.3 Å². The number of aryl methyl sites for hydroxylation is 1. The summed E-state index contributed by atoms with van der Waals surface area (Å²) >= 11 is 0. The van der Waals surface area contributed by atoms with E-state index in [0.717, 1.165) is 24.1 Å². The molecule has 1 saturated carbocycles. The smallest absolute Gasteiger partial charge is 0.174 e. The van der Waals surface area contributed by atoms with E-state index in [4.69, 9.17) is 15.7 Å². The predicted molar refractivity (Wildman–Crippen MR) is 76.3 cm³/mol. The van der Waals surface area contributed by atoms with Gasteiger partial charge in [-0.3, -0.25) is 0 Å². The summed E-state index contributed by atoms with van der Waals surface area (Å²) in [6.45, 7) is 5.07. The number of ether oxygens (including phenoxy) is 1. The van der Waals surface area contributed by atoms with Gasteiger partial charge < -0.3 is 20.6 Å². The van der Waals surface area contributed by atoms with Crippen LogP contribution in [-0.2, 0) is 4.74 Å². The van der Waals surface area contributed by atoms with Crippen molar-refractivity contribution in [1.29, 1.82) is 0 Å². The minimum atomic E-state index is 0.0681. The summed E-state index contributed by atoms with van der Waals surface area (Å²) < 4.78 is 5.15. The van der Waals surface area contributed by atoms with Gasteiger partial charge in [0, 0.05) is 19.7 Å². The van der Waals surface area contributed by atoms with Crippen LogP contribution in [0.1, 0.15) is 29.7 Å². The van der Waals surface area contributed by atoms with E-state index in [9.17, 15) is 0 Å². The average Bonchev–Trinajstić information content (AvgIpc) is 3.27. The molecule has 1 heterocycles. The number of hydrogen-bond acceptors (Lipinski definition) is 6. The monoisotopic (exact) mass is 279 g/mol. The fraction of sp³-hybridized carbons (Fsp3) is 0.615. The third kappa shape index (κ3) is 2.82. The molecule has 110 valence electrons. The summed E-state index contributed by atoms with van der Waals surface area (Å²) in [6.07, 6.45) is 2.24. The van der Waals surface area contributed by atoms with Gasteiger partial charge in [-0.25, -0.2) is 0 Å². The minimum absolute atomic E-state index is 0.0681. The van der Waals surface area contributed by atoms with E-state index in [1.54, 1.807) is 7.11 Å². The maximum Gasteiger partial charge on any atom is 0.174 e. The van der Waals surface area contributed by atoms with Gasteiger partial charge in [0.15, 0.2) is 11.7 Å². The first-order valence-electron chi connectivity index (χ1n) is 6.67. The van der Waals surface area contributed by atoms with Crippen LogP contribution in [-0.4, -0.2) is 47.5 Å². The van der Waals surface area contributed by atoms with Gasteiger partial charge in [-0.2, -0.15) is 5.10 Å². The standard InChI is InChI=1S/C13H21N5O2/c1-8-9(2)15-16-13(11(8)12(14)17-19)18(6-7-20-3)10-4-5-10/h10,19H,4-7H2,1-3H3,(H2,14,17). The van der Waals surface area contributed by atoms with Crippen molar-refractivity contribution in [2.75, 3.05) is 25.2 Å². The first kappa shape index (κ1) is 14.5. The number of methoxy groups -OCH3 is 1. The van der Waals surface area contributed by atoms with E-state index >= 15 is 0 Å². The highest BCUT2D eigenvalue weighted by atomic mass is 16.5. The van der Waals surface area contributed by atoms with E-state index < -0.39 is 0 Å². The molecule has 0 amide bonds. The lowest BCUT2D eigenvalue weighted by atomic mass is 10.1. The summed E-state index contributed by atoms with van der Waals surface area (Å²) in [7, 11) is 1.67. The molecule has 0 atom stereocenters. The largest absolute Gasteiger partial charge is 0.409 e. The topological polar surface area (TPSA) is 96.9 Å². The van der Waals surface area contributed by atoms with Crippen LogP contribution in [0.15, 0.2) is 5.16 Å². The number of aromatic nitrogens is 2. The Hall–Kier alpha value is -1.89. The highest BCUT2D eigenvalue weighted by molar-refractivity contribution is 6.02. The first-order valence-corrected chi connectivity index (χ1v) is 6.67. The van der Waals surface area contributed by atoms with E-state index in [-0.39, 0.29) is 5.84 Å². The highest BCUT2D eigenvalue weighted by Crippen LogP contribution is 2.33. The number of nitrogens with two attached hydrogens (primary N) is 1. The van der Waals surface area contributed by atoms with Crippen LogP contribution in [0.25, 0.3) is 0 Å². The molecule has 0 radical (unpaired) electrons. The maximum atomic E-state index is 9.01. The lowest BCUT2D eigenvalue weighted by Crippen LogP contribution is -2.33. The summed E-state index contributed by atoms with van der Waals surface area (Å²) in [5.74, 6) is 0.738. The van der Waals surface area contributed by atoms with Crippen molar-refractivity contribution in [2.45, 2.75) is 32.7 Å². The number of amidine groups is 1. The van der Waals surface area contributed by atoms with Gasteiger partial charge in [0.05, 0.1) is 17.9 Å². The van der Waals surface area contributed by atoms with Crippen molar-refractivity contribution in [3.8, 4) is 0 Å². The normalized spacial score (nSPS) is 15.4. The van der Waals surface area contributed by atoms with Gasteiger partial charge >= 0.3 is 0 Å². The summed E-state index contributed by atoms with van der Waals surface area (Å²) in [5.41, 5.74) is 8.14. The van der Waals surface area contributed by atoms with E-state index in [0.29, 0.717) is 30.6 Å². The molecule has 1 aromatic rings. The third-order valence-corrected chi connectivity index (χ3v) is 3.60. The molecule has 3 N–H and O–H groups in total. The molecule has 0 aromatic carbocycles. The predicted octanol–water partition coefficient (Wildman–Crippen LogP) is 0.803. The van der Waals surface area contributed by atoms with Gasteiger partial charge in [-0.1, -0.05) is 5.16 Å². The van der Waals surface area contributed by atoms with Crippen LogP contribution in [0, 0.1) is 13.8 Å². The highest BCUT2D eigenvalue weighted by Gasteiger charge is 2.32. The Morgan fingerprint density at radius 3 is 2.70 bits per heavy atom. The zero-order valence-electron chi connectivity index (χ0n) is 12.1.